The van der Waals surface area contributed by atoms with Gasteiger partial charge in [0.25, 0.3) is 5.60 Å². The summed E-state index contributed by atoms with van der Waals surface area (Å²) in [7, 11) is 0. The summed E-state index contributed by atoms with van der Waals surface area (Å²) in [5, 5.41) is 12.5. The van der Waals surface area contributed by atoms with Crippen molar-refractivity contribution in [2.24, 2.45) is 0 Å². The molecule has 11 heteroatoms. The molecule has 0 atom stereocenters. The molecule has 3 nitrogen and oxygen atoms in total. The van der Waals surface area contributed by atoms with E-state index in [4.69, 9.17) is 11.6 Å². The van der Waals surface area contributed by atoms with Gasteiger partial charge < -0.3 is 10.4 Å². The highest BCUT2D eigenvalue weighted by Gasteiger charge is 2.71. The number of carbonyl (C=O) groups excluding carboxylic acids is 1. The first-order chi connectivity index (χ1) is 15.7. The number of carbonyl (C=O) groups is 1. The molecule has 0 saturated heterocycles. The lowest BCUT2D eigenvalue weighted by Crippen LogP contribution is -2.53. The summed E-state index contributed by atoms with van der Waals surface area (Å²) in [5.74, 6) is -1.76. The van der Waals surface area contributed by atoms with E-state index in [1.165, 1.54) is 24.3 Å². The van der Waals surface area contributed by atoms with Crippen LogP contribution in [-0.2, 0) is 16.8 Å². The van der Waals surface area contributed by atoms with Crippen molar-refractivity contribution in [3.8, 4) is 11.1 Å². The summed E-state index contributed by atoms with van der Waals surface area (Å²) in [6.07, 6.45) is -12.2. The summed E-state index contributed by atoms with van der Waals surface area (Å²) in [4.78, 5) is 12.2. The van der Waals surface area contributed by atoms with Crippen molar-refractivity contribution in [3.63, 3.8) is 0 Å². The SMILES string of the molecule is O=C(Cc1ccc(Cl)cc1)Nc1ccc(-c2ccc(C(O)(C(F)(F)F)C(F)(F)F)cc2F)cc1. The van der Waals surface area contributed by atoms with Gasteiger partial charge in [0.2, 0.25) is 5.91 Å². The molecule has 0 unspecified atom stereocenters. The Morgan fingerprint density at radius 3 is 1.91 bits per heavy atom. The van der Waals surface area contributed by atoms with Gasteiger partial charge in [-0.15, -0.1) is 0 Å². The van der Waals surface area contributed by atoms with Gasteiger partial charge in [-0.2, -0.15) is 26.3 Å². The average Bonchev–Trinajstić information content (AvgIpc) is 2.74. The maximum Gasteiger partial charge on any atom is 0.430 e. The highest BCUT2D eigenvalue weighted by Crippen LogP contribution is 2.50. The van der Waals surface area contributed by atoms with Gasteiger partial charge in [0, 0.05) is 21.8 Å². The number of aliphatic hydroxyl groups is 1. The van der Waals surface area contributed by atoms with Crippen molar-refractivity contribution < 1.29 is 40.6 Å². The molecule has 0 bridgehead atoms. The van der Waals surface area contributed by atoms with Gasteiger partial charge in [0.05, 0.1) is 6.42 Å². The number of hydrogen-bond donors (Lipinski definition) is 2. The third kappa shape index (κ3) is 5.18. The summed E-state index contributed by atoms with van der Waals surface area (Å²) in [6, 6.07) is 13.1. The molecule has 0 radical (unpaired) electrons. The quantitative estimate of drug-likeness (QED) is 0.382. The molecular formula is C23H15ClF7NO2. The third-order valence-corrected chi connectivity index (χ3v) is 5.22. The molecule has 1 amide bonds. The molecule has 0 aliphatic carbocycles. The Balaban J connectivity index is 1.79. The van der Waals surface area contributed by atoms with Crippen molar-refractivity contribution in [1.82, 2.24) is 0 Å². The molecule has 0 fully saturated rings. The summed E-state index contributed by atoms with van der Waals surface area (Å²) in [6.45, 7) is 0. The van der Waals surface area contributed by atoms with Gasteiger partial charge in [0.1, 0.15) is 5.82 Å². The van der Waals surface area contributed by atoms with Crippen LogP contribution >= 0.6 is 11.6 Å². The summed E-state index contributed by atoms with van der Waals surface area (Å²) >= 11 is 5.79. The fourth-order valence-corrected chi connectivity index (χ4v) is 3.31. The lowest BCUT2D eigenvalue weighted by molar-refractivity contribution is -0.376. The molecule has 0 aliphatic heterocycles. The van der Waals surface area contributed by atoms with E-state index in [9.17, 15) is 40.6 Å². The molecular weight excluding hydrogens is 491 g/mol. The van der Waals surface area contributed by atoms with Gasteiger partial charge in [-0.3, -0.25) is 4.79 Å². The van der Waals surface area contributed by atoms with E-state index < -0.39 is 29.3 Å². The topological polar surface area (TPSA) is 49.3 Å². The van der Waals surface area contributed by atoms with Crippen LogP contribution < -0.4 is 5.32 Å². The van der Waals surface area contributed by atoms with Crippen LogP contribution in [0.1, 0.15) is 11.1 Å². The van der Waals surface area contributed by atoms with Crippen molar-refractivity contribution in [1.29, 1.82) is 0 Å². The monoisotopic (exact) mass is 505 g/mol. The van der Waals surface area contributed by atoms with Crippen LogP contribution in [0.4, 0.5) is 36.4 Å². The largest absolute Gasteiger partial charge is 0.430 e. The second-order valence-corrected chi connectivity index (χ2v) is 7.77. The molecule has 0 saturated carbocycles. The third-order valence-electron chi connectivity index (χ3n) is 4.96. The number of benzene rings is 3. The van der Waals surface area contributed by atoms with Crippen LogP contribution in [0.15, 0.2) is 66.7 Å². The second kappa shape index (κ2) is 9.27. The normalized spacial score (nSPS) is 12.5. The van der Waals surface area contributed by atoms with Gasteiger partial charge in [-0.1, -0.05) is 48.0 Å². The van der Waals surface area contributed by atoms with E-state index in [0.717, 1.165) is 0 Å². The van der Waals surface area contributed by atoms with Crippen molar-refractivity contribution in [2.45, 2.75) is 24.4 Å². The fraction of sp³-hybridized carbons (Fsp3) is 0.174. The first-order valence-electron chi connectivity index (χ1n) is 9.53. The van der Waals surface area contributed by atoms with Crippen LogP contribution in [0.25, 0.3) is 11.1 Å². The summed E-state index contributed by atoms with van der Waals surface area (Å²) < 4.78 is 92.6. The Bertz CT molecular complexity index is 1160. The van der Waals surface area contributed by atoms with Gasteiger partial charge in [-0.25, -0.2) is 4.39 Å². The molecule has 180 valence electrons. The van der Waals surface area contributed by atoms with Crippen LogP contribution in [0.2, 0.25) is 5.02 Å². The number of rotatable bonds is 5. The first-order valence-corrected chi connectivity index (χ1v) is 9.91. The molecule has 0 spiro atoms. The first kappa shape index (κ1) is 25.5. The number of anilines is 1. The Hall–Kier alpha value is -3.11. The minimum absolute atomic E-state index is 0.00187. The molecule has 3 aromatic carbocycles. The minimum Gasteiger partial charge on any atom is -0.369 e. The van der Waals surface area contributed by atoms with E-state index in [1.807, 2.05) is 0 Å². The Kier molecular flexibility index (Phi) is 6.95. The van der Waals surface area contributed by atoms with Crippen molar-refractivity contribution in [3.05, 3.63) is 88.7 Å². The van der Waals surface area contributed by atoms with E-state index in [0.29, 0.717) is 28.4 Å². The molecule has 3 aromatic rings. The zero-order valence-electron chi connectivity index (χ0n) is 16.9. The molecule has 34 heavy (non-hydrogen) atoms. The maximum absolute atomic E-state index is 14.5. The Morgan fingerprint density at radius 1 is 0.853 bits per heavy atom. The zero-order valence-corrected chi connectivity index (χ0v) is 17.7. The predicted molar refractivity (Wildman–Crippen MR) is 112 cm³/mol. The number of alkyl halides is 6. The highest BCUT2D eigenvalue weighted by atomic mass is 35.5. The number of nitrogens with one attached hydrogen (secondary N) is 1. The molecule has 3 rings (SSSR count). The van der Waals surface area contributed by atoms with Gasteiger partial charge in [0.15, 0.2) is 0 Å². The predicted octanol–water partition coefficient (Wildman–Crippen LogP) is 6.64. The van der Waals surface area contributed by atoms with Crippen LogP contribution in [0.3, 0.4) is 0 Å². The fourth-order valence-electron chi connectivity index (χ4n) is 3.19. The molecule has 2 N–H and O–H groups in total. The Labute approximate surface area is 193 Å². The summed E-state index contributed by atoms with van der Waals surface area (Å²) in [5.41, 5.74) is -6.05. The molecule has 0 aromatic heterocycles. The van der Waals surface area contributed by atoms with E-state index in [-0.39, 0.29) is 29.5 Å². The zero-order chi connectivity index (χ0) is 25.3. The number of amides is 1. The lowest BCUT2D eigenvalue weighted by atomic mass is 9.90. The van der Waals surface area contributed by atoms with Crippen LogP contribution in [-0.4, -0.2) is 23.4 Å². The van der Waals surface area contributed by atoms with Crippen molar-refractivity contribution >= 4 is 23.2 Å². The van der Waals surface area contributed by atoms with Gasteiger partial charge in [-0.05, 0) is 41.5 Å². The van der Waals surface area contributed by atoms with Crippen LogP contribution in [0.5, 0.6) is 0 Å². The standard InChI is InChI=1S/C23H15ClF7NO2/c24-16-6-1-13(2-7-16)11-20(33)32-17-8-3-14(4-9-17)18-10-5-15(12-19(18)25)21(34,22(26,27)28)23(29,30)31/h1-10,12,34H,11H2,(H,32,33). The maximum atomic E-state index is 14.5. The molecule has 0 aliphatic rings. The minimum atomic E-state index is -6.12. The van der Waals surface area contributed by atoms with Gasteiger partial charge >= 0.3 is 12.4 Å². The van der Waals surface area contributed by atoms with E-state index >= 15 is 0 Å². The van der Waals surface area contributed by atoms with Crippen molar-refractivity contribution in [2.75, 3.05) is 5.32 Å². The van der Waals surface area contributed by atoms with Crippen LogP contribution in [0, 0.1) is 5.82 Å². The smallest absolute Gasteiger partial charge is 0.369 e. The van der Waals surface area contributed by atoms with E-state index in [1.54, 1.807) is 24.3 Å². The Morgan fingerprint density at radius 2 is 1.41 bits per heavy atom. The molecule has 0 heterocycles. The van der Waals surface area contributed by atoms with E-state index in [2.05, 4.69) is 5.32 Å². The number of halogens is 8. The second-order valence-electron chi connectivity index (χ2n) is 7.33. The lowest BCUT2D eigenvalue weighted by Gasteiger charge is -2.32. The highest BCUT2D eigenvalue weighted by molar-refractivity contribution is 6.30. The number of hydrogen-bond acceptors (Lipinski definition) is 2. The average molecular weight is 506 g/mol.